The highest BCUT2D eigenvalue weighted by molar-refractivity contribution is 6.09. The van der Waals surface area contributed by atoms with E-state index in [2.05, 4.69) is 51.2 Å². The molecule has 0 atom stereocenters. The van der Waals surface area contributed by atoms with Crippen LogP contribution in [0.15, 0.2) is 335 Å². The zero-order chi connectivity index (χ0) is 103. The summed E-state index contributed by atoms with van der Waals surface area (Å²) < 4.78 is 189. The summed E-state index contributed by atoms with van der Waals surface area (Å²) in [6, 6.07) is 73.3. The monoisotopic (exact) mass is 1960 g/mol. The van der Waals surface area contributed by atoms with Gasteiger partial charge in [0.2, 0.25) is 0 Å². The van der Waals surface area contributed by atoms with Gasteiger partial charge in [0.05, 0.1) is 79.9 Å². The number of halogens is 13. The van der Waals surface area contributed by atoms with Crippen LogP contribution in [0.1, 0.15) is 103 Å². The summed E-state index contributed by atoms with van der Waals surface area (Å²) in [6.07, 6.45) is 1.30. The Morgan fingerprint density at radius 1 is 0.310 bits per heavy atom. The molecule has 0 saturated carbocycles. The molecule has 0 aliphatic carbocycles. The van der Waals surface area contributed by atoms with Crippen molar-refractivity contribution in [2.75, 3.05) is 21.3 Å². The summed E-state index contributed by atoms with van der Waals surface area (Å²) in [7, 11) is 0. The van der Waals surface area contributed by atoms with E-state index in [4.69, 9.17) is 5.73 Å². The minimum Gasteiger partial charge on any atom is -0.325 e. The van der Waals surface area contributed by atoms with Crippen LogP contribution in [-0.2, 0) is 25.1 Å². The summed E-state index contributed by atoms with van der Waals surface area (Å²) >= 11 is 0. The summed E-state index contributed by atoms with van der Waals surface area (Å²) in [4.78, 5) is 78.7. The predicted octanol–water partition coefficient (Wildman–Crippen LogP) is 27.7. The maximum absolute atomic E-state index is 14.7. The molecule has 10 heterocycles. The number of hydrogen-bond donors (Lipinski definition) is 5. The van der Waals surface area contributed by atoms with Crippen molar-refractivity contribution in [1.82, 2.24) is 47.5 Å². The Labute approximate surface area is 820 Å². The number of anilines is 4. The number of nitrogens with zero attached hydrogens (tertiary/aromatic N) is 10. The number of fused-ring (bicyclic) bond motifs is 4. The zero-order valence-corrected chi connectivity index (χ0v) is 78.1. The zero-order valence-electron chi connectivity index (χ0n) is 78.1. The third-order valence-electron chi connectivity index (χ3n) is 24.2. The molecule has 0 aliphatic heterocycles. The first kappa shape index (κ1) is 98.8. The molecule has 20 rings (SSSR count). The van der Waals surface area contributed by atoms with Gasteiger partial charge in [-0.15, -0.1) is 0 Å². The van der Waals surface area contributed by atoms with Gasteiger partial charge in [-0.3, -0.25) is 46.7 Å². The first-order chi connectivity index (χ1) is 69.4. The lowest BCUT2D eigenvalue weighted by Crippen LogP contribution is -2.19. The van der Waals surface area contributed by atoms with Crippen molar-refractivity contribution in [2.24, 2.45) is 5.73 Å². The fourth-order valence-electron chi connectivity index (χ4n) is 16.9. The smallest absolute Gasteiger partial charge is 0.325 e. The van der Waals surface area contributed by atoms with Gasteiger partial charge in [0.25, 0.3) is 23.6 Å². The van der Waals surface area contributed by atoms with E-state index in [1.54, 1.807) is 170 Å². The Hall–Kier alpha value is -17.8. The van der Waals surface area contributed by atoms with Crippen molar-refractivity contribution < 1.29 is 76.3 Å². The average Bonchev–Trinajstić information content (AvgIpc) is 1.61. The Balaban J connectivity index is 0.000000133. The average molecular weight is 1960 g/mol. The maximum Gasteiger partial charge on any atom is 0.417 e. The second kappa shape index (κ2) is 41.2. The van der Waals surface area contributed by atoms with Crippen LogP contribution in [0.4, 0.5) is 79.8 Å². The van der Waals surface area contributed by atoms with Gasteiger partial charge in [-0.05, 0) is 264 Å². The van der Waals surface area contributed by atoms with E-state index in [9.17, 15) is 76.3 Å². The highest BCUT2D eigenvalue weighted by Crippen LogP contribution is 2.43. The van der Waals surface area contributed by atoms with E-state index in [0.29, 0.717) is 78.8 Å². The Kier molecular flexibility index (Phi) is 28.0. The van der Waals surface area contributed by atoms with Gasteiger partial charge in [-0.2, -0.15) is 39.5 Å². The number of aryl methyl sites for hydroxylation is 7. The van der Waals surface area contributed by atoms with Gasteiger partial charge in [-0.1, -0.05) is 113 Å². The third-order valence-corrected chi connectivity index (χ3v) is 24.2. The molecule has 0 bridgehead atoms. The predicted molar refractivity (Wildman–Crippen MR) is 533 cm³/mol. The second-order valence-corrected chi connectivity index (χ2v) is 34.1. The highest BCUT2D eigenvalue weighted by atomic mass is 19.4. The first-order valence-corrected chi connectivity index (χ1v) is 45.0. The lowest BCUT2D eigenvalue weighted by Gasteiger charge is -2.15. The van der Waals surface area contributed by atoms with Gasteiger partial charge in [0.1, 0.15) is 22.6 Å². The molecule has 10 aromatic heterocycles. The number of benzene rings is 10. The molecule has 6 N–H and O–H groups in total. The van der Waals surface area contributed by atoms with Crippen molar-refractivity contribution in [3.05, 3.63) is 442 Å². The van der Waals surface area contributed by atoms with Crippen LogP contribution in [0.5, 0.6) is 0 Å². The van der Waals surface area contributed by atoms with Crippen LogP contribution in [0, 0.1) is 71.7 Å². The number of nitrogens with one attached hydrogen (secondary N) is 4. The topological polar surface area (TPSA) is 237 Å². The minimum atomic E-state index is -4.79. The number of rotatable bonds is 17. The van der Waals surface area contributed by atoms with Crippen LogP contribution < -0.4 is 27.0 Å². The molecule has 0 unspecified atom stereocenters. The summed E-state index contributed by atoms with van der Waals surface area (Å²) in [5, 5.41) is 10.6. The van der Waals surface area contributed by atoms with Crippen molar-refractivity contribution in [1.29, 1.82) is 0 Å². The number of pyridine rings is 6. The number of aromatic nitrogens is 10. The van der Waals surface area contributed by atoms with Gasteiger partial charge in [0, 0.05) is 128 Å². The Morgan fingerprint density at radius 3 is 1.05 bits per heavy atom. The van der Waals surface area contributed by atoms with E-state index >= 15 is 0 Å². The van der Waals surface area contributed by atoms with Crippen LogP contribution in [0.2, 0.25) is 0 Å². The maximum atomic E-state index is 14.7. The quantitative estimate of drug-likeness (QED) is 0.0537. The molecule has 0 spiro atoms. The first-order valence-electron chi connectivity index (χ1n) is 45.0. The fraction of sp³-hybridized carbons (Fsp3) is 0.0973. The molecule has 0 saturated heterocycles. The molecule has 726 valence electrons. The number of alkyl halides is 9. The molecule has 19 nitrogen and oxygen atoms in total. The van der Waals surface area contributed by atoms with Crippen LogP contribution in [0.25, 0.3) is 112 Å². The molecule has 145 heavy (non-hydrogen) atoms. The van der Waals surface area contributed by atoms with Gasteiger partial charge >= 0.3 is 18.5 Å². The van der Waals surface area contributed by atoms with E-state index in [1.165, 1.54) is 52.9 Å². The summed E-state index contributed by atoms with van der Waals surface area (Å²) in [5.41, 5.74) is 20.7. The van der Waals surface area contributed by atoms with Crippen molar-refractivity contribution in [2.45, 2.75) is 73.5 Å². The Morgan fingerprint density at radius 2 is 0.648 bits per heavy atom. The van der Waals surface area contributed by atoms with E-state index in [-0.39, 0.29) is 46.2 Å². The number of carbonyl (C=O) groups is 4. The molecular weight excluding hydrogens is 1880 g/mol. The van der Waals surface area contributed by atoms with Gasteiger partial charge in [-0.25, -0.2) is 37.5 Å². The van der Waals surface area contributed by atoms with Crippen molar-refractivity contribution in [3.63, 3.8) is 0 Å². The molecule has 32 heteroatoms. The lowest BCUT2D eigenvalue weighted by atomic mass is 9.98. The minimum absolute atomic E-state index is 0.0642. The van der Waals surface area contributed by atoms with Crippen molar-refractivity contribution in [3.8, 4) is 89.5 Å². The molecule has 0 fully saturated rings. The molecule has 10 aromatic carbocycles. The van der Waals surface area contributed by atoms with Gasteiger partial charge < -0.3 is 27.0 Å². The standard InChI is InChI=1S/C29H21F5N4O.C29H23F2N3O.C28H21F3N4O.C27H19F3N4O/c1-16-7-10-18(11-8-16)36-28(39)21-14-17(9-12-22(21)29(32,33)34)19-5-3-13-38-26(24(15-35)37-27(19)38)20-4-2-6-23(30)25(20)31;1-17-9-13-21(14-10-17)33-29(35)24-16-20(12-11-18(24)2)22-7-5-15-34-27(19(3)32-28(22)34)23-6-4-8-25(30)26(23)31;1-17-7-10-20(11-8-17)34-27(36)23-15-19(9-12-24(23)28(29,30)31)22-6-4-14-35-25(16-33-26(22)35)21-5-3-13-32-18(21)2;1-17-4-7-20(8-5-17)33-26(35)22-15-19(6-9-23(22)27(28,29)30)21-3-2-14-34-24(16-32-25(21)34)18-10-12-31-13-11-18/h2-14H,15,35H2,1H3,(H,36,39);4-16H,1-3H3,(H,33,35);3-16H,1-2H3,(H,34,36);2-16H,1H3,(H,33,35). The fourth-order valence-corrected chi connectivity index (χ4v) is 16.9. The number of hydrogen-bond acceptors (Lipinski definition) is 11. The number of carbonyl (C=O) groups excluding carboxylic acids is 4. The molecule has 0 radical (unpaired) electrons. The van der Waals surface area contributed by atoms with Gasteiger partial charge in [0.15, 0.2) is 23.3 Å². The second-order valence-electron chi connectivity index (χ2n) is 34.1. The molecule has 0 aliphatic rings. The largest absolute Gasteiger partial charge is 0.417 e. The van der Waals surface area contributed by atoms with E-state index in [0.717, 1.165) is 109 Å². The number of amides is 4. The summed E-state index contributed by atoms with van der Waals surface area (Å²) in [5.74, 6) is -6.76. The third kappa shape index (κ3) is 21.2. The SMILES string of the molecule is Cc1ccc(NC(=O)c2cc(-c3cccn4c(-c5cccc(F)c5F)c(C)nc34)ccc2C)cc1.Cc1ccc(NC(=O)c2cc(-c3cccn4c(-c5cccc(F)c5F)c(CN)nc34)ccc2C(F)(F)F)cc1.Cc1ccc(NC(=O)c2cc(-c3cccn4c(-c5cccnc5C)cnc34)ccc2C(F)(F)F)cc1.Cc1ccc(NC(=O)c2cc(-c3cccn4c(-c5ccncc5)cnc34)ccc2C(F)(F)F)cc1. The van der Waals surface area contributed by atoms with Crippen molar-refractivity contribution >= 4 is 69.0 Å². The molecular formula is C113H84F13N15O4. The highest BCUT2D eigenvalue weighted by Gasteiger charge is 2.39. The number of nitrogens with two attached hydrogens (primary N) is 1. The van der Waals surface area contributed by atoms with E-state index < -0.39 is 92.9 Å². The molecule has 4 amide bonds. The van der Waals surface area contributed by atoms with E-state index in [1.807, 2.05) is 142 Å². The lowest BCUT2D eigenvalue weighted by molar-refractivity contribution is -0.138. The van der Waals surface area contributed by atoms with Crippen LogP contribution in [0.3, 0.4) is 0 Å². The van der Waals surface area contributed by atoms with Crippen LogP contribution in [-0.4, -0.2) is 71.1 Å². The summed E-state index contributed by atoms with van der Waals surface area (Å²) in [6.45, 7) is 13.0. The molecule has 20 aromatic rings. The number of imidazole rings is 4. The van der Waals surface area contributed by atoms with Crippen LogP contribution >= 0.6 is 0 Å². The Bertz CT molecular complexity index is 8350. The normalized spacial score (nSPS) is 11.5.